The first-order chi connectivity index (χ1) is 9.20. The highest BCUT2D eigenvalue weighted by Gasteiger charge is 2.16. The number of hydrogen-bond donors (Lipinski definition) is 2. The van der Waals surface area contributed by atoms with E-state index >= 15 is 0 Å². The van der Waals surface area contributed by atoms with E-state index in [-0.39, 0.29) is 11.9 Å². The summed E-state index contributed by atoms with van der Waals surface area (Å²) < 4.78 is 19.0. The number of nitrogens with two attached hydrogens (primary N) is 1. The van der Waals surface area contributed by atoms with Gasteiger partial charge in [-0.2, -0.15) is 0 Å². The molecule has 106 valence electrons. The molecule has 1 aromatic rings. The van der Waals surface area contributed by atoms with Gasteiger partial charge in [-0.05, 0) is 24.6 Å². The first-order valence-electron chi connectivity index (χ1n) is 6.81. The van der Waals surface area contributed by atoms with Crippen molar-refractivity contribution >= 4 is 0 Å². The fraction of sp³-hybridized carbons (Fsp3) is 0.571. The van der Waals surface area contributed by atoms with Crippen molar-refractivity contribution in [1.29, 1.82) is 0 Å². The lowest BCUT2D eigenvalue weighted by atomic mass is 10.1. The number of piperazine rings is 1. The summed E-state index contributed by atoms with van der Waals surface area (Å²) >= 11 is 0. The largest absolute Gasteiger partial charge is 0.491 e. The molecular weight excluding hydrogens is 245 g/mol. The monoisotopic (exact) mass is 267 g/mol. The maximum absolute atomic E-state index is 13.8. The molecule has 0 aliphatic carbocycles. The minimum absolute atomic E-state index is 0.164. The third kappa shape index (κ3) is 3.89. The van der Waals surface area contributed by atoms with Gasteiger partial charge in [0.1, 0.15) is 0 Å². The first kappa shape index (κ1) is 14.2. The molecule has 1 saturated heterocycles. The number of nitrogens with zero attached hydrogens (tertiary/aromatic N) is 1. The van der Waals surface area contributed by atoms with Gasteiger partial charge in [-0.3, -0.25) is 4.90 Å². The van der Waals surface area contributed by atoms with Crippen molar-refractivity contribution in [3.63, 3.8) is 0 Å². The second-order valence-electron chi connectivity index (χ2n) is 4.78. The third-order valence-corrected chi connectivity index (χ3v) is 3.35. The summed E-state index contributed by atoms with van der Waals surface area (Å²) in [7, 11) is 0. The van der Waals surface area contributed by atoms with Crippen molar-refractivity contribution in [2.45, 2.75) is 13.0 Å². The van der Waals surface area contributed by atoms with E-state index in [9.17, 15) is 4.39 Å². The van der Waals surface area contributed by atoms with Crippen LogP contribution in [0, 0.1) is 5.82 Å². The smallest absolute Gasteiger partial charge is 0.165 e. The van der Waals surface area contributed by atoms with Crippen LogP contribution in [-0.4, -0.2) is 44.2 Å². The Kier molecular flexibility index (Phi) is 5.13. The minimum atomic E-state index is -0.338. The van der Waals surface area contributed by atoms with E-state index in [1.54, 1.807) is 6.07 Å². The summed E-state index contributed by atoms with van der Waals surface area (Å²) in [5.74, 6) is -0.0456. The van der Waals surface area contributed by atoms with Crippen LogP contribution in [0.3, 0.4) is 0 Å². The van der Waals surface area contributed by atoms with Gasteiger partial charge in [0.15, 0.2) is 11.6 Å². The molecule has 0 bridgehead atoms. The summed E-state index contributed by atoms with van der Waals surface area (Å²) in [4.78, 5) is 2.30. The molecule has 0 amide bonds. The fourth-order valence-corrected chi connectivity index (χ4v) is 2.30. The second-order valence-corrected chi connectivity index (χ2v) is 4.78. The molecule has 1 heterocycles. The average molecular weight is 267 g/mol. The molecule has 19 heavy (non-hydrogen) atoms. The Labute approximate surface area is 113 Å². The molecule has 1 atom stereocenters. The van der Waals surface area contributed by atoms with Gasteiger partial charge in [-0.15, -0.1) is 0 Å². The number of rotatable bonds is 5. The number of halogens is 1. The van der Waals surface area contributed by atoms with Crippen molar-refractivity contribution in [3.8, 4) is 5.75 Å². The van der Waals surface area contributed by atoms with E-state index in [0.717, 1.165) is 38.3 Å². The van der Waals surface area contributed by atoms with Crippen LogP contribution in [0.25, 0.3) is 0 Å². The van der Waals surface area contributed by atoms with E-state index in [4.69, 9.17) is 10.5 Å². The Morgan fingerprint density at radius 3 is 2.79 bits per heavy atom. The maximum atomic E-state index is 13.8. The zero-order chi connectivity index (χ0) is 13.7. The molecule has 0 aromatic heterocycles. The van der Waals surface area contributed by atoms with Gasteiger partial charge in [0.05, 0.1) is 6.61 Å². The van der Waals surface area contributed by atoms with Gasteiger partial charge in [0, 0.05) is 38.8 Å². The van der Waals surface area contributed by atoms with Crippen LogP contribution in [0.2, 0.25) is 0 Å². The molecule has 2 rings (SSSR count). The van der Waals surface area contributed by atoms with Gasteiger partial charge in [-0.25, -0.2) is 4.39 Å². The highest BCUT2D eigenvalue weighted by molar-refractivity contribution is 5.31. The van der Waals surface area contributed by atoms with Gasteiger partial charge in [0.25, 0.3) is 0 Å². The van der Waals surface area contributed by atoms with E-state index in [2.05, 4.69) is 10.2 Å². The van der Waals surface area contributed by atoms with Crippen LogP contribution in [0.4, 0.5) is 4.39 Å². The number of ether oxygens (including phenoxy) is 1. The summed E-state index contributed by atoms with van der Waals surface area (Å²) in [5, 5.41) is 3.30. The van der Waals surface area contributed by atoms with Crippen molar-refractivity contribution in [2.75, 3.05) is 39.3 Å². The summed E-state index contributed by atoms with van der Waals surface area (Å²) in [5.41, 5.74) is 6.97. The van der Waals surface area contributed by atoms with Crippen LogP contribution >= 0.6 is 0 Å². The Morgan fingerprint density at radius 1 is 1.42 bits per heavy atom. The van der Waals surface area contributed by atoms with Gasteiger partial charge < -0.3 is 15.8 Å². The highest BCUT2D eigenvalue weighted by atomic mass is 19.1. The van der Waals surface area contributed by atoms with Gasteiger partial charge in [0.2, 0.25) is 0 Å². The SMILES string of the molecule is CCOc1ccc(C(N)CN2CCNCC2)cc1F. The predicted molar refractivity (Wildman–Crippen MR) is 73.8 cm³/mol. The molecule has 1 aliphatic heterocycles. The summed E-state index contributed by atoms with van der Waals surface area (Å²) in [6, 6.07) is 4.83. The van der Waals surface area contributed by atoms with E-state index < -0.39 is 0 Å². The lowest BCUT2D eigenvalue weighted by molar-refractivity contribution is 0.228. The molecule has 0 spiro atoms. The number of hydrogen-bond acceptors (Lipinski definition) is 4. The lowest BCUT2D eigenvalue weighted by Crippen LogP contribution is -2.45. The molecule has 0 saturated carbocycles. The fourth-order valence-electron chi connectivity index (χ4n) is 2.30. The molecule has 1 aliphatic rings. The van der Waals surface area contributed by atoms with Crippen LogP contribution in [0.1, 0.15) is 18.5 Å². The van der Waals surface area contributed by atoms with E-state index in [1.807, 2.05) is 13.0 Å². The van der Waals surface area contributed by atoms with Gasteiger partial charge in [-0.1, -0.05) is 6.07 Å². The van der Waals surface area contributed by atoms with Crippen molar-refractivity contribution in [3.05, 3.63) is 29.6 Å². The van der Waals surface area contributed by atoms with Crippen molar-refractivity contribution in [1.82, 2.24) is 10.2 Å². The third-order valence-electron chi connectivity index (χ3n) is 3.35. The molecular formula is C14H22FN3O. The minimum Gasteiger partial charge on any atom is -0.491 e. The first-order valence-corrected chi connectivity index (χ1v) is 6.81. The number of nitrogens with one attached hydrogen (secondary N) is 1. The van der Waals surface area contributed by atoms with Crippen LogP contribution in [-0.2, 0) is 0 Å². The zero-order valence-electron chi connectivity index (χ0n) is 11.4. The summed E-state index contributed by atoms with van der Waals surface area (Å²) in [6.45, 7) is 7.02. The summed E-state index contributed by atoms with van der Waals surface area (Å²) in [6.07, 6.45) is 0. The Hall–Kier alpha value is -1.17. The molecule has 1 fully saturated rings. The lowest BCUT2D eigenvalue weighted by Gasteiger charge is -2.29. The van der Waals surface area contributed by atoms with Gasteiger partial charge >= 0.3 is 0 Å². The maximum Gasteiger partial charge on any atom is 0.165 e. The van der Waals surface area contributed by atoms with Crippen LogP contribution < -0.4 is 15.8 Å². The molecule has 1 aromatic carbocycles. The normalized spacial score (nSPS) is 18.3. The van der Waals surface area contributed by atoms with E-state index in [1.165, 1.54) is 6.07 Å². The van der Waals surface area contributed by atoms with Crippen molar-refractivity contribution < 1.29 is 9.13 Å². The predicted octanol–water partition coefficient (Wildman–Crippen LogP) is 1.13. The van der Waals surface area contributed by atoms with Crippen molar-refractivity contribution in [2.24, 2.45) is 5.73 Å². The number of benzene rings is 1. The Balaban J connectivity index is 1.98. The van der Waals surface area contributed by atoms with E-state index in [0.29, 0.717) is 12.4 Å². The zero-order valence-corrected chi connectivity index (χ0v) is 11.4. The quantitative estimate of drug-likeness (QED) is 0.839. The molecule has 3 N–H and O–H groups in total. The van der Waals surface area contributed by atoms with Crippen LogP contribution in [0.15, 0.2) is 18.2 Å². The molecule has 0 radical (unpaired) electrons. The Bertz CT molecular complexity index is 408. The Morgan fingerprint density at radius 2 is 2.16 bits per heavy atom. The highest BCUT2D eigenvalue weighted by Crippen LogP contribution is 2.21. The standard InChI is InChI=1S/C14H22FN3O/c1-2-19-14-4-3-11(9-12(14)15)13(16)10-18-7-5-17-6-8-18/h3-4,9,13,17H,2,5-8,10,16H2,1H3. The molecule has 4 nitrogen and oxygen atoms in total. The second kappa shape index (κ2) is 6.84. The topological polar surface area (TPSA) is 50.5 Å². The van der Waals surface area contributed by atoms with Crippen LogP contribution in [0.5, 0.6) is 5.75 Å². The average Bonchev–Trinajstić information content (AvgIpc) is 2.42. The molecule has 5 heteroatoms. The molecule has 1 unspecified atom stereocenters.